The molecule has 134 valence electrons. The number of rotatable bonds is 6. The van der Waals surface area contributed by atoms with Crippen LogP contribution in [0.4, 0.5) is 9.52 Å². The molecule has 2 heterocycles. The second kappa shape index (κ2) is 7.54. The average molecular weight is 395 g/mol. The predicted molar refractivity (Wildman–Crippen MR) is 96.0 cm³/mol. The molecule has 0 aliphatic heterocycles. The average Bonchev–Trinajstić information content (AvgIpc) is 3.25. The first-order valence-electron chi connectivity index (χ1n) is 7.24. The summed E-state index contributed by atoms with van der Waals surface area (Å²) >= 11 is 6.86. The number of benzene rings is 1. The van der Waals surface area contributed by atoms with Crippen molar-refractivity contribution in [3.8, 4) is 17.0 Å². The van der Waals surface area contributed by atoms with Crippen molar-refractivity contribution in [2.24, 2.45) is 5.73 Å². The Hall–Kier alpha value is -2.91. The molecule has 1 aromatic carbocycles. The second-order valence-electron chi connectivity index (χ2n) is 5.12. The molecule has 26 heavy (non-hydrogen) atoms. The number of primary amides is 1. The highest BCUT2D eigenvalue weighted by Gasteiger charge is 2.12. The molecule has 0 atom stereocenters. The third kappa shape index (κ3) is 4.19. The lowest BCUT2D eigenvalue weighted by molar-refractivity contribution is -0.118. The minimum atomic E-state index is -0.571. The number of nitrogens with one attached hydrogen (secondary N) is 2. The first-order valence-corrected chi connectivity index (χ1v) is 8.50. The van der Waals surface area contributed by atoms with E-state index in [1.807, 2.05) is 0 Å². The Labute approximate surface area is 156 Å². The van der Waals surface area contributed by atoms with Crippen molar-refractivity contribution in [3.05, 3.63) is 52.4 Å². The zero-order valence-corrected chi connectivity index (χ0v) is 14.7. The number of hydrogen-bond acceptors (Lipinski definition) is 5. The molecule has 0 aliphatic rings. The van der Waals surface area contributed by atoms with Crippen LogP contribution >= 0.6 is 22.9 Å². The number of carbonyl (C=O) groups is 2. The topological polar surface area (TPSA) is 110 Å². The number of hydrogen-bond donors (Lipinski definition) is 3. The van der Waals surface area contributed by atoms with Crippen molar-refractivity contribution < 1.29 is 18.7 Å². The summed E-state index contributed by atoms with van der Waals surface area (Å²) in [6, 6.07) is 5.39. The van der Waals surface area contributed by atoms with Crippen LogP contribution in [0, 0.1) is 5.82 Å². The lowest BCUT2D eigenvalue weighted by Crippen LogP contribution is -2.20. The van der Waals surface area contributed by atoms with Crippen molar-refractivity contribution in [1.82, 2.24) is 9.97 Å². The number of halogens is 2. The third-order valence-corrected chi connectivity index (χ3v) is 4.30. The first-order chi connectivity index (χ1) is 12.4. The summed E-state index contributed by atoms with van der Waals surface area (Å²) in [5.41, 5.74) is 6.71. The molecule has 0 bridgehead atoms. The number of aromatic nitrogens is 2. The van der Waals surface area contributed by atoms with Crippen LogP contribution in [0.15, 0.2) is 35.8 Å². The molecule has 0 unspecified atom stereocenters. The van der Waals surface area contributed by atoms with E-state index >= 15 is 0 Å². The van der Waals surface area contributed by atoms with Gasteiger partial charge in [-0.2, -0.15) is 0 Å². The van der Waals surface area contributed by atoms with E-state index in [1.165, 1.54) is 23.5 Å². The highest BCUT2D eigenvalue weighted by Crippen LogP contribution is 2.25. The van der Waals surface area contributed by atoms with Gasteiger partial charge in [0.1, 0.15) is 17.3 Å². The molecule has 7 nitrogen and oxygen atoms in total. The largest absolute Gasteiger partial charge is 0.484 e. The summed E-state index contributed by atoms with van der Waals surface area (Å²) in [6.07, 6.45) is 1.60. The van der Waals surface area contributed by atoms with Gasteiger partial charge in [0.2, 0.25) is 0 Å². The molecule has 10 heteroatoms. The summed E-state index contributed by atoms with van der Waals surface area (Å²) in [5, 5.41) is 4.60. The fourth-order valence-corrected chi connectivity index (χ4v) is 2.93. The van der Waals surface area contributed by atoms with E-state index in [9.17, 15) is 14.0 Å². The van der Waals surface area contributed by atoms with Crippen molar-refractivity contribution in [2.75, 3.05) is 11.9 Å². The minimum absolute atomic E-state index is 0.0886. The number of nitrogens with zero attached hydrogens (tertiary/aromatic N) is 1. The van der Waals surface area contributed by atoms with Crippen molar-refractivity contribution >= 4 is 39.9 Å². The molecule has 0 spiro atoms. The van der Waals surface area contributed by atoms with E-state index in [0.29, 0.717) is 16.4 Å². The molecule has 3 aromatic rings. The van der Waals surface area contributed by atoms with Gasteiger partial charge in [-0.15, -0.1) is 11.3 Å². The van der Waals surface area contributed by atoms with Gasteiger partial charge in [0.05, 0.1) is 10.7 Å². The van der Waals surface area contributed by atoms with Crippen LogP contribution in [0.25, 0.3) is 11.3 Å². The highest BCUT2D eigenvalue weighted by molar-refractivity contribution is 7.14. The molecule has 3 rings (SSSR count). The van der Waals surface area contributed by atoms with E-state index in [4.69, 9.17) is 22.1 Å². The minimum Gasteiger partial charge on any atom is -0.484 e. The van der Waals surface area contributed by atoms with Gasteiger partial charge < -0.3 is 15.5 Å². The summed E-state index contributed by atoms with van der Waals surface area (Å²) < 4.78 is 18.3. The predicted octanol–water partition coefficient (Wildman–Crippen LogP) is 3.05. The number of aromatic amines is 1. The number of thiazole rings is 1. The molecule has 0 saturated heterocycles. The number of carbonyl (C=O) groups excluding carboxylic acids is 2. The Bertz CT molecular complexity index is 972. The van der Waals surface area contributed by atoms with E-state index in [1.54, 1.807) is 17.6 Å². The van der Waals surface area contributed by atoms with Crippen LogP contribution in [0.3, 0.4) is 0 Å². The second-order valence-corrected chi connectivity index (χ2v) is 6.38. The fraction of sp³-hybridized carbons (Fsp3) is 0.0625. The summed E-state index contributed by atoms with van der Waals surface area (Å²) in [6.45, 7) is -0.285. The van der Waals surface area contributed by atoms with Gasteiger partial charge in [-0.3, -0.25) is 14.9 Å². The summed E-state index contributed by atoms with van der Waals surface area (Å²) in [5.74, 6) is -1.29. The lowest BCUT2D eigenvalue weighted by atomic mass is 10.2. The molecule has 0 radical (unpaired) electrons. The monoisotopic (exact) mass is 394 g/mol. The van der Waals surface area contributed by atoms with Gasteiger partial charge in [-0.05, 0) is 18.2 Å². The molecule has 2 aromatic heterocycles. The highest BCUT2D eigenvalue weighted by atomic mass is 35.5. The SMILES string of the molecule is NC(=O)c1cc(-c2csc(NC(=O)COc3ccc(F)c(Cl)c3)n2)c[nH]1. The van der Waals surface area contributed by atoms with Gasteiger partial charge in [0.15, 0.2) is 11.7 Å². The van der Waals surface area contributed by atoms with Gasteiger partial charge >= 0.3 is 0 Å². The molecule has 0 fully saturated rings. The Morgan fingerprint density at radius 1 is 1.38 bits per heavy atom. The molecule has 4 N–H and O–H groups in total. The van der Waals surface area contributed by atoms with Gasteiger partial charge in [-0.1, -0.05) is 11.6 Å². The summed E-state index contributed by atoms with van der Waals surface area (Å²) in [4.78, 5) is 30.0. The van der Waals surface area contributed by atoms with Gasteiger partial charge in [0.25, 0.3) is 11.8 Å². The van der Waals surface area contributed by atoms with Crippen LogP contribution in [0.2, 0.25) is 5.02 Å². The quantitative estimate of drug-likeness (QED) is 0.596. The van der Waals surface area contributed by atoms with Crippen LogP contribution < -0.4 is 15.8 Å². The van der Waals surface area contributed by atoms with Gasteiger partial charge in [-0.25, -0.2) is 9.37 Å². The fourth-order valence-electron chi connectivity index (χ4n) is 2.02. The smallest absolute Gasteiger partial charge is 0.265 e. The Morgan fingerprint density at radius 3 is 2.88 bits per heavy atom. The van der Waals surface area contributed by atoms with Crippen LogP contribution in [0.5, 0.6) is 5.75 Å². The molecule has 2 amide bonds. The van der Waals surface area contributed by atoms with Gasteiger partial charge in [0, 0.05) is 23.2 Å². The Morgan fingerprint density at radius 2 is 2.19 bits per heavy atom. The van der Waals surface area contributed by atoms with Crippen molar-refractivity contribution in [3.63, 3.8) is 0 Å². The van der Waals surface area contributed by atoms with Crippen LogP contribution in [-0.2, 0) is 4.79 Å². The van der Waals surface area contributed by atoms with E-state index in [-0.39, 0.29) is 23.1 Å². The maximum Gasteiger partial charge on any atom is 0.265 e. The Balaban J connectivity index is 1.58. The number of nitrogens with two attached hydrogens (primary N) is 1. The van der Waals surface area contributed by atoms with Crippen LogP contribution in [-0.4, -0.2) is 28.4 Å². The maximum atomic E-state index is 13.1. The normalized spacial score (nSPS) is 10.5. The molecular formula is C16H12ClFN4O3S. The number of amides is 2. The van der Waals surface area contributed by atoms with E-state index in [2.05, 4.69) is 15.3 Å². The zero-order valence-electron chi connectivity index (χ0n) is 13.1. The number of anilines is 1. The van der Waals surface area contributed by atoms with Crippen LogP contribution in [0.1, 0.15) is 10.5 Å². The summed E-state index contributed by atoms with van der Waals surface area (Å²) in [7, 11) is 0. The standard InChI is InChI=1S/C16H12ClFN4O3S/c17-10-4-9(1-2-11(10)18)25-6-14(23)22-16-21-13(7-26-16)8-3-12(15(19)24)20-5-8/h1-5,7,20H,6H2,(H2,19,24)(H,21,22,23). The van der Waals surface area contributed by atoms with Crippen molar-refractivity contribution in [2.45, 2.75) is 0 Å². The maximum absolute atomic E-state index is 13.1. The number of H-pyrrole nitrogens is 1. The molecular weight excluding hydrogens is 383 g/mol. The molecule has 0 aliphatic carbocycles. The third-order valence-electron chi connectivity index (χ3n) is 3.26. The van der Waals surface area contributed by atoms with E-state index in [0.717, 1.165) is 6.07 Å². The van der Waals surface area contributed by atoms with E-state index < -0.39 is 17.6 Å². The number of ether oxygens (including phenoxy) is 1. The molecule has 0 saturated carbocycles. The van der Waals surface area contributed by atoms with Crippen molar-refractivity contribution in [1.29, 1.82) is 0 Å². The first kappa shape index (κ1) is 17.9. The Kier molecular flexibility index (Phi) is 5.19. The lowest BCUT2D eigenvalue weighted by Gasteiger charge is -2.06. The zero-order chi connectivity index (χ0) is 18.7.